The molecule has 2 rings (SSSR count). The average Bonchev–Trinajstić information content (AvgIpc) is 2.74. The van der Waals surface area contributed by atoms with E-state index >= 15 is 0 Å². The van der Waals surface area contributed by atoms with Gasteiger partial charge in [-0.05, 0) is 30.2 Å². The van der Waals surface area contributed by atoms with Crippen LogP contribution in [0, 0.1) is 0 Å². The second-order valence-electron chi connectivity index (χ2n) is 5.87. The van der Waals surface area contributed by atoms with Gasteiger partial charge in [-0.1, -0.05) is 12.1 Å². The fourth-order valence-electron chi connectivity index (χ4n) is 2.75. The molecule has 7 nitrogen and oxygen atoms in total. The van der Waals surface area contributed by atoms with E-state index in [4.69, 9.17) is 23.7 Å². The zero-order chi connectivity index (χ0) is 20.4. The Bertz CT molecular complexity index is 777. The van der Waals surface area contributed by atoms with Crippen molar-refractivity contribution in [3.05, 3.63) is 42.0 Å². The number of methoxy groups -OCH3 is 4. The molecule has 0 aliphatic carbocycles. The maximum Gasteiger partial charge on any atom is 0.220 e. The van der Waals surface area contributed by atoms with Crippen LogP contribution in [0.2, 0.25) is 0 Å². The molecule has 152 valence electrons. The van der Waals surface area contributed by atoms with Crippen molar-refractivity contribution in [3.63, 3.8) is 0 Å². The van der Waals surface area contributed by atoms with Crippen LogP contribution in [0.1, 0.15) is 12.0 Å². The van der Waals surface area contributed by atoms with Crippen molar-refractivity contribution in [1.82, 2.24) is 5.32 Å². The first kappa shape index (κ1) is 21.2. The summed E-state index contributed by atoms with van der Waals surface area (Å²) in [4.78, 5) is 12.1. The number of aryl methyl sites for hydroxylation is 1. The fourth-order valence-corrected chi connectivity index (χ4v) is 2.75. The molecule has 0 atom stereocenters. The summed E-state index contributed by atoms with van der Waals surface area (Å²) in [5.41, 5.74) is 0.878. The Morgan fingerprint density at radius 2 is 1.64 bits per heavy atom. The van der Waals surface area contributed by atoms with E-state index in [9.17, 15) is 4.79 Å². The van der Waals surface area contributed by atoms with Crippen LogP contribution in [0.5, 0.6) is 28.7 Å². The minimum atomic E-state index is -0.0638. The van der Waals surface area contributed by atoms with Crippen molar-refractivity contribution in [1.29, 1.82) is 0 Å². The molecule has 28 heavy (non-hydrogen) atoms. The maximum atomic E-state index is 12.1. The Labute approximate surface area is 165 Å². The van der Waals surface area contributed by atoms with Crippen molar-refractivity contribution >= 4 is 5.91 Å². The standard InChI is InChI=1S/C21H27NO6/c1-24-16-6-5-7-17(14-16)28-13-12-22-19(23)11-9-15-8-10-18(25-2)21(27-4)20(15)26-3/h5-8,10,14H,9,11-13H2,1-4H3,(H,22,23). The van der Waals surface area contributed by atoms with Crippen LogP contribution in [0.25, 0.3) is 0 Å². The van der Waals surface area contributed by atoms with Crippen molar-refractivity contribution in [2.24, 2.45) is 0 Å². The summed E-state index contributed by atoms with van der Waals surface area (Å²) >= 11 is 0. The monoisotopic (exact) mass is 389 g/mol. The van der Waals surface area contributed by atoms with Crippen LogP contribution in [-0.2, 0) is 11.2 Å². The molecule has 2 aromatic rings. The molecule has 2 aromatic carbocycles. The number of hydrogen-bond donors (Lipinski definition) is 1. The van der Waals surface area contributed by atoms with Gasteiger partial charge in [0, 0.05) is 12.5 Å². The highest BCUT2D eigenvalue weighted by molar-refractivity contribution is 5.76. The first-order chi connectivity index (χ1) is 13.6. The summed E-state index contributed by atoms with van der Waals surface area (Å²) in [5.74, 6) is 3.05. The highest BCUT2D eigenvalue weighted by atomic mass is 16.5. The minimum Gasteiger partial charge on any atom is -0.497 e. The third-order valence-corrected chi connectivity index (χ3v) is 4.14. The Kier molecular flexibility index (Phi) is 8.27. The van der Waals surface area contributed by atoms with E-state index in [1.54, 1.807) is 40.6 Å². The summed E-state index contributed by atoms with van der Waals surface area (Å²) < 4.78 is 26.8. The van der Waals surface area contributed by atoms with Gasteiger partial charge >= 0.3 is 0 Å². The Hall–Kier alpha value is -3.09. The van der Waals surface area contributed by atoms with Crippen LogP contribution in [0.4, 0.5) is 0 Å². The molecule has 0 radical (unpaired) electrons. The third kappa shape index (κ3) is 5.70. The quantitative estimate of drug-likeness (QED) is 0.596. The van der Waals surface area contributed by atoms with E-state index in [0.717, 1.165) is 11.3 Å². The second kappa shape index (κ2) is 10.9. The van der Waals surface area contributed by atoms with E-state index in [2.05, 4.69) is 5.32 Å². The van der Waals surface area contributed by atoms with E-state index < -0.39 is 0 Å². The van der Waals surface area contributed by atoms with Gasteiger partial charge in [-0.15, -0.1) is 0 Å². The second-order valence-corrected chi connectivity index (χ2v) is 5.87. The topological polar surface area (TPSA) is 75.3 Å². The van der Waals surface area contributed by atoms with E-state index in [-0.39, 0.29) is 5.91 Å². The molecular weight excluding hydrogens is 362 g/mol. The van der Waals surface area contributed by atoms with Gasteiger partial charge < -0.3 is 29.0 Å². The van der Waals surface area contributed by atoms with Crippen LogP contribution in [0.15, 0.2) is 36.4 Å². The minimum absolute atomic E-state index is 0.0638. The Balaban J connectivity index is 1.81. The van der Waals surface area contributed by atoms with Crippen LogP contribution < -0.4 is 29.0 Å². The lowest BCUT2D eigenvalue weighted by Crippen LogP contribution is -2.28. The molecule has 0 aromatic heterocycles. The van der Waals surface area contributed by atoms with Gasteiger partial charge in [0.15, 0.2) is 11.5 Å². The number of carbonyl (C=O) groups is 1. The Morgan fingerprint density at radius 1 is 0.893 bits per heavy atom. The highest BCUT2D eigenvalue weighted by Crippen LogP contribution is 2.40. The molecular formula is C21H27NO6. The lowest BCUT2D eigenvalue weighted by Gasteiger charge is -2.15. The molecule has 0 spiro atoms. The van der Waals surface area contributed by atoms with Crippen molar-refractivity contribution in [3.8, 4) is 28.7 Å². The van der Waals surface area contributed by atoms with Gasteiger partial charge in [-0.25, -0.2) is 0 Å². The summed E-state index contributed by atoms with van der Waals surface area (Å²) in [5, 5.41) is 2.85. The summed E-state index contributed by atoms with van der Waals surface area (Å²) in [6.45, 7) is 0.789. The molecule has 0 fully saturated rings. The van der Waals surface area contributed by atoms with Gasteiger partial charge in [0.2, 0.25) is 11.7 Å². The molecule has 7 heteroatoms. The van der Waals surface area contributed by atoms with Gasteiger partial charge in [0.1, 0.15) is 18.1 Å². The first-order valence-electron chi connectivity index (χ1n) is 8.94. The summed E-state index contributed by atoms with van der Waals surface area (Å²) in [6.07, 6.45) is 0.844. The number of rotatable bonds is 11. The van der Waals surface area contributed by atoms with Gasteiger partial charge in [-0.3, -0.25) is 4.79 Å². The lowest BCUT2D eigenvalue weighted by atomic mass is 10.1. The van der Waals surface area contributed by atoms with Crippen molar-refractivity contribution < 1.29 is 28.5 Å². The molecule has 1 amide bonds. The van der Waals surface area contributed by atoms with E-state index in [0.29, 0.717) is 49.0 Å². The average molecular weight is 389 g/mol. The van der Waals surface area contributed by atoms with Crippen LogP contribution >= 0.6 is 0 Å². The number of hydrogen-bond acceptors (Lipinski definition) is 6. The van der Waals surface area contributed by atoms with Crippen molar-refractivity contribution in [2.75, 3.05) is 41.6 Å². The van der Waals surface area contributed by atoms with Gasteiger partial charge in [0.05, 0.1) is 35.0 Å². The number of nitrogens with one attached hydrogen (secondary N) is 1. The zero-order valence-corrected chi connectivity index (χ0v) is 16.7. The molecule has 0 aliphatic rings. The van der Waals surface area contributed by atoms with E-state index in [1.165, 1.54) is 0 Å². The molecule has 0 aliphatic heterocycles. The number of benzene rings is 2. The highest BCUT2D eigenvalue weighted by Gasteiger charge is 2.16. The predicted molar refractivity (Wildman–Crippen MR) is 106 cm³/mol. The number of ether oxygens (including phenoxy) is 5. The third-order valence-electron chi connectivity index (χ3n) is 4.14. The molecule has 0 bridgehead atoms. The largest absolute Gasteiger partial charge is 0.497 e. The van der Waals surface area contributed by atoms with Crippen LogP contribution in [0.3, 0.4) is 0 Å². The lowest BCUT2D eigenvalue weighted by molar-refractivity contribution is -0.121. The summed E-state index contributed by atoms with van der Waals surface area (Å²) in [6, 6.07) is 11.0. The zero-order valence-electron chi connectivity index (χ0n) is 16.7. The molecule has 0 saturated carbocycles. The normalized spacial score (nSPS) is 10.1. The van der Waals surface area contributed by atoms with Gasteiger partial charge in [-0.2, -0.15) is 0 Å². The van der Waals surface area contributed by atoms with Gasteiger partial charge in [0.25, 0.3) is 0 Å². The number of carbonyl (C=O) groups excluding carboxylic acids is 1. The fraction of sp³-hybridized carbons (Fsp3) is 0.381. The maximum absolute atomic E-state index is 12.1. The summed E-state index contributed by atoms with van der Waals surface area (Å²) in [7, 11) is 6.29. The van der Waals surface area contributed by atoms with E-state index in [1.807, 2.05) is 24.3 Å². The molecule has 0 heterocycles. The first-order valence-corrected chi connectivity index (χ1v) is 8.94. The predicted octanol–water partition coefficient (Wildman–Crippen LogP) is 2.85. The van der Waals surface area contributed by atoms with Crippen molar-refractivity contribution in [2.45, 2.75) is 12.8 Å². The molecule has 0 unspecified atom stereocenters. The SMILES string of the molecule is COc1cccc(OCCNC(=O)CCc2ccc(OC)c(OC)c2OC)c1. The molecule has 0 saturated heterocycles. The molecule has 1 N–H and O–H groups in total. The Morgan fingerprint density at radius 3 is 2.32 bits per heavy atom. The van der Waals surface area contributed by atoms with Crippen LogP contribution in [-0.4, -0.2) is 47.5 Å². The number of amides is 1. The smallest absolute Gasteiger partial charge is 0.220 e.